The molecule has 30 heavy (non-hydrogen) atoms. The quantitative estimate of drug-likeness (QED) is 0.684. The minimum Gasteiger partial charge on any atom is -0.474 e. The van der Waals surface area contributed by atoms with Crippen LogP contribution in [0, 0.1) is 17.5 Å². The average molecular weight is 416 g/mol. The van der Waals surface area contributed by atoms with E-state index in [9.17, 15) is 18.0 Å². The molecule has 4 rings (SSSR count). The summed E-state index contributed by atoms with van der Waals surface area (Å²) in [4.78, 5) is 11.8. The largest absolute Gasteiger partial charge is 0.474 e. The minimum atomic E-state index is -1.27. The van der Waals surface area contributed by atoms with E-state index in [2.05, 4.69) is 15.5 Å². The van der Waals surface area contributed by atoms with Crippen LogP contribution in [0.1, 0.15) is 42.5 Å². The van der Waals surface area contributed by atoms with Crippen LogP contribution in [-0.4, -0.2) is 20.7 Å². The number of halogens is 3. The summed E-state index contributed by atoms with van der Waals surface area (Å²) in [5, 5.41) is 11.2. The van der Waals surface area contributed by atoms with Crippen LogP contribution in [0.2, 0.25) is 0 Å². The number of hydrogen-bond donors (Lipinski definition) is 1. The van der Waals surface area contributed by atoms with Crippen molar-refractivity contribution in [2.45, 2.75) is 39.5 Å². The van der Waals surface area contributed by atoms with Crippen LogP contribution < -0.4 is 10.1 Å². The van der Waals surface area contributed by atoms with E-state index < -0.39 is 28.8 Å². The molecule has 0 spiro atoms. The molecule has 0 saturated carbocycles. The van der Waals surface area contributed by atoms with Gasteiger partial charge in [0.1, 0.15) is 5.82 Å². The third-order valence-electron chi connectivity index (χ3n) is 4.97. The lowest BCUT2D eigenvalue weighted by molar-refractivity contribution is 0.0824. The highest BCUT2D eigenvalue weighted by atomic mass is 19.1. The fourth-order valence-electron chi connectivity index (χ4n) is 3.56. The Bertz CT molecular complexity index is 1130. The zero-order chi connectivity index (χ0) is 21.6. The topological polar surface area (TPSA) is 69.0 Å². The summed E-state index contributed by atoms with van der Waals surface area (Å²) in [6.07, 6.45) is 0. The predicted octanol–water partition coefficient (Wildman–Crippen LogP) is 3.94. The molecule has 2 heterocycles. The Balaban J connectivity index is 1.72. The van der Waals surface area contributed by atoms with Gasteiger partial charge in [-0.1, -0.05) is 6.07 Å². The molecule has 0 radical (unpaired) electrons. The normalized spacial score (nSPS) is 13.3. The highest BCUT2D eigenvalue weighted by Gasteiger charge is 2.33. The monoisotopic (exact) mass is 416 g/mol. The van der Waals surface area contributed by atoms with Gasteiger partial charge in [0.2, 0.25) is 0 Å². The molecule has 0 fully saturated rings. The van der Waals surface area contributed by atoms with Crippen molar-refractivity contribution in [2.75, 3.05) is 0 Å². The van der Waals surface area contributed by atoms with E-state index >= 15 is 0 Å². The maximum Gasteiger partial charge on any atom is 0.251 e. The SMILES string of the molecule is CCn1c(-c2ccc3c(c2)CNC3=O)nnc1C(C)(C)Oc1c(F)cc(F)cc1F. The van der Waals surface area contributed by atoms with E-state index in [4.69, 9.17) is 4.74 Å². The summed E-state index contributed by atoms with van der Waals surface area (Å²) in [5.41, 5.74) is 0.957. The van der Waals surface area contributed by atoms with E-state index in [0.29, 0.717) is 42.4 Å². The van der Waals surface area contributed by atoms with Crippen molar-refractivity contribution in [3.05, 3.63) is 64.7 Å². The van der Waals surface area contributed by atoms with Crippen molar-refractivity contribution in [1.29, 1.82) is 0 Å². The first-order chi connectivity index (χ1) is 14.2. The van der Waals surface area contributed by atoms with Gasteiger partial charge in [-0.2, -0.15) is 0 Å². The summed E-state index contributed by atoms with van der Waals surface area (Å²) < 4.78 is 48.7. The van der Waals surface area contributed by atoms with Crippen molar-refractivity contribution in [3.63, 3.8) is 0 Å². The zero-order valence-electron chi connectivity index (χ0n) is 16.6. The van der Waals surface area contributed by atoms with E-state index in [1.807, 2.05) is 13.0 Å². The molecule has 1 amide bonds. The Labute approximate surface area is 170 Å². The van der Waals surface area contributed by atoms with E-state index in [1.165, 1.54) is 0 Å². The summed E-state index contributed by atoms with van der Waals surface area (Å²) in [7, 11) is 0. The number of hydrogen-bond acceptors (Lipinski definition) is 4. The molecule has 156 valence electrons. The molecule has 0 saturated heterocycles. The number of fused-ring (bicyclic) bond motifs is 1. The van der Waals surface area contributed by atoms with E-state index in [-0.39, 0.29) is 5.91 Å². The molecule has 3 aromatic rings. The second kappa shape index (κ2) is 7.16. The molecule has 2 aromatic carbocycles. The van der Waals surface area contributed by atoms with Gasteiger partial charge in [-0.15, -0.1) is 10.2 Å². The van der Waals surface area contributed by atoms with E-state index in [0.717, 1.165) is 11.1 Å². The van der Waals surface area contributed by atoms with Crippen molar-refractivity contribution in [2.24, 2.45) is 0 Å². The van der Waals surface area contributed by atoms with Crippen molar-refractivity contribution >= 4 is 5.91 Å². The first-order valence-electron chi connectivity index (χ1n) is 9.40. The Kier molecular flexibility index (Phi) is 4.76. The lowest BCUT2D eigenvalue weighted by atomic mass is 10.1. The Morgan fingerprint density at radius 3 is 2.50 bits per heavy atom. The smallest absolute Gasteiger partial charge is 0.251 e. The zero-order valence-corrected chi connectivity index (χ0v) is 16.6. The lowest BCUT2D eigenvalue weighted by Crippen LogP contribution is -2.30. The molecule has 1 aliphatic heterocycles. The first kappa shape index (κ1) is 19.9. The number of aromatic nitrogens is 3. The van der Waals surface area contributed by atoms with Crippen molar-refractivity contribution in [3.8, 4) is 17.1 Å². The molecule has 1 aromatic heterocycles. The van der Waals surface area contributed by atoms with Gasteiger partial charge in [0.05, 0.1) is 0 Å². The number of carbonyl (C=O) groups excluding carboxylic acids is 1. The number of amides is 1. The van der Waals surface area contributed by atoms with Crippen molar-refractivity contribution < 1.29 is 22.7 Å². The summed E-state index contributed by atoms with van der Waals surface area (Å²) >= 11 is 0. The summed E-state index contributed by atoms with van der Waals surface area (Å²) in [5.74, 6) is -3.23. The molecule has 0 bridgehead atoms. The van der Waals surface area contributed by atoms with Gasteiger partial charge in [0.15, 0.2) is 34.6 Å². The highest BCUT2D eigenvalue weighted by molar-refractivity contribution is 5.98. The van der Waals surface area contributed by atoms with Gasteiger partial charge in [0, 0.05) is 36.3 Å². The van der Waals surface area contributed by atoms with Crippen LogP contribution in [0.15, 0.2) is 30.3 Å². The van der Waals surface area contributed by atoms with E-state index in [1.54, 1.807) is 30.5 Å². The van der Waals surface area contributed by atoms with Crippen LogP contribution >= 0.6 is 0 Å². The molecule has 9 heteroatoms. The van der Waals surface area contributed by atoms with Crippen LogP contribution in [0.25, 0.3) is 11.4 Å². The average Bonchev–Trinajstić information content (AvgIpc) is 3.28. The van der Waals surface area contributed by atoms with Crippen LogP contribution in [-0.2, 0) is 18.7 Å². The molecule has 0 aliphatic carbocycles. The molecule has 0 atom stereocenters. The second-order valence-corrected chi connectivity index (χ2v) is 7.46. The van der Waals surface area contributed by atoms with Crippen molar-refractivity contribution in [1.82, 2.24) is 20.1 Å². The molecule has 6 nitrogen and oxygen atoms in total. The number of nitrogens with zero attached hydrogens (tertiary/aromatic N) is 3. The number of benzene rings is 2. The molecule has 1 N–H and O–H groups in total. The summed E-state index contributed by atoms with van der Waals surface area (Å²) in [6, 6.07) is 6.48. The number of ether oxygens (including phenoxy) is 1. The maximum atomic E-state index is 14.1. The van der Waals surface area contributed by atoms with Gasteiger partial charge in [-0.05, 0) is 38.5 Å². The van der Waals surface area contributed by atoms with Crippen LogP contribution in [0.4, 0.5) is 13.2 Å². The Morgan fingerprint density at radius 2 is 1.83 bits per heavy atom. The van der Waals surface area contributed by atoms with Gasteiger partial charge in [-0.25, -0.2) is 13.2 Å². The predicted molar refractivity (Wildman–Crippen MR) is 102 cm³/mol. The third-order valence-corrected chi connectivity index (χ3v) is 4.97. The van der Waals surface area contributed by atoms with Gasteiger partial charge < -0.3 is 14.6 Å². The van der Waals surface area contributed by atoms with Gasteiger partial charge >= 0.3 is 0 Å². The lowest BCUT2D eigenvalue weighted by Gasteiger charge is -2.26. The maximum absolute atomic E-state index is 14.1. The molecule has 0 unspecified atom stereocenters. The fourth-order valence-corrected chi connectivity index (χ4v) is 3.56. The molecule has 1 aliphatic rings. The first-order valence-corrected chi connectivity index (χ1v) is 9.40. The second-order valence-electron chi connectivity index (χ2n) is 7.46. The van der Waals surface area contributed by atoms with Gasteiger partial charge in [0.25, 0.3) is 5.91 Å². The van der Waals surface area contributed by atoms with Crippen LogP contribution in [0.3, 0.4) is 0 Å². The summed E-state index contributed by atoms with van der Waals surface area (Å²) in [6.45, 7) is 5.98. The Hall–Kier alpha value is -3.36. The minimum absolute atomic E-state index is 0.118. The fraction of sp³-hybridized carbons (Fsp3) is 0.286. The van der Waals surface area contributed by atoms with Gasteiger partial charge in [-0.3, -0.25) is 4.79 Å². The van der Waals surface area contributed by atoms with Crippen LogP contribution in [0.5, 0.6) is 5.75 Å². The molecular formula is C21H19F3N4O2. The third kappa shape index (κ3) is 3.30. The number of nitrogens with one attached hydrogen (secondary N) is 1. The molecular weight excluding hydrogens is 397 g/mol. The Morgan fingerprint density at radius 1 is 1.13 bits per heavy atom. The number of carbonyl (C=O) groups is 1. The standard InChI is InChI=1S/C21H19F3N4O2/c1-4-28-18(11-5-6-14-12(7-11)10-25-19(14)29)26-27-20(28)21(2,3)30-17-15(23)8-13(22)9-16(17)24/h5-9H,4,10H2,1-3H3,(H,25,29). The highest BCUT2D eigenvalue weighted by Crippen LogP contribution is 2.33. The number of rotatable bonds is 5.